The van der Waals surface area contributed by atoms with Gasteiger partial charge >= 0.3 is 0 Å². The van der Waals surface area contributed by atoms with Gasteiger partial charge in [0.05, 0.1) is 0 Å². The van der Waals surface area contributed by atoms with E-state index in [1.165, 1.54) is 0 Å². The fourth-order valence-electron chi connectivity index (χ4n) is 1.50. The number of rotatable bonds is 5. The van der Waals surface area contributed by atoms with Crippen molar-refractivity contribution in [1.29, 1.82) is 0 Å². The van der Waals surface area contributed by atoms with Crippen molar-refractivity contribution in [3.8, 4) is 0 Å². The Bertz CT molecular complexity index is 302. The highest BCUT2D eigenvalue weighted by Gasteiger charge is 2.09. The number of nitrogens with two attached hydrogens (primary N) is 1. The molecule has 0 aliphatic carbocycles. The highest BCUT2D eigenvalue weighted by atomic mass is 15.3. The zero-order valence-electron chi connectivity index (χ0n) is 10.2. The molecular weight excluding hydrogens is 188 g/mol. The van der Waals surface area contributed by atoms with E-state index in [4.69, 9.17) is 5.73 Å². The van der Waals surface area contributed by atoms with Crippen LogP contribution in [-0.2, 0) is 19.9 Å². The molecule has 0 aromatic carbocycles. The number of hydrogen-bond donors (Lipinski definition) is 1. The van der Waals surface area contributed by atoms with Crippen LogP contribution in [0.2, 0.25) is 0 Å². The van der Waals surface area contributed by atoms with Crippen molar-refractivity contribution in [3.05, 3.63) is 11.6 Å². The van der Waals surface area contributed by atoms with Crippen LogP contribution in [-0.4, -0.2) is 20.8 Å². The highest BCUT2D eigenvalue weighted by Crippen LogP contribution is 2.06. The molecule has 0 spiro atoms. The van der Waals surface area contributed by atoms with E-state index in [2.05, 4.69) is 23.9 Å². The molecule has 86 valence electrons. The van der Waals surface area contributed by atoms with Gasteiger partial charge in [0.25, 0.3) is 0 Å². The van der Waals surface area contributed by atoms with E-state index < -0.39 is 0 Å². The third-order valence-electron chi connectivity index (χ3n) is 2.31. The van der Waals surface area contributed by atoms with Crippen LogP contribution >= 0.6 is 0 Å². The van der Waals surface area contributed by atoms with Crippen molar-refractivity contribution >= 4 is 0 Å². The van der Waals surface area contributed by atoms with Gasteiger partial charge in [-0.2, -0.15) is 5.10 Å². The van der Waals surface area contributed by atoms with E-state index >= 15 is 0 Å². The molecule has 0 aliphatic heterocycles. The van der Waals surface area contributed by atoms with E-state index in [1.54, 1.807) is 0 Å². The van der Waals surface area contributed by atoms with Crippen LogP contribution in [0.5, 0.6) is 0 Å². The SMILES string of the molecule is CC(C)Cc1nc(CCC(C)N)n(C)n1. The van der Waals surface area contributed by atoms with Crippen LogP contribution in [0.15, 0.2) is 0 Å². The van der Waals surface area contributed by atoms with Crippen LogP contribution < -0.4 is 5.73 Å². The molecule has 4 heteroatoms. The molecule has 0 bridgehead atoms. The molecule has 15 heavy (non-hydrogen) atoms. The minimum Gasteiger partial charge on any atom is -0.328 e. The lowest BCUT2D eigenvalue weighted by atomic mass is 10.1. The van der Waals surface area contributed by atoms with Crippen LogP contribution in [0.3, 0.4) is 0 Å². The van der Waals surface area contributed by atoms with Crippen molar-refractivity contribution in [2.24, 2.45) is 18.7 Å². The number of aryl methyl sites for hydroxylation is 2. The minimum atomic E-state index is 0.232. The molecule has 1 rings (SSSR count). The molecule has 0 aliphatic rings. The van der Waals surface area contributed by atoms with E-state index in [0.717, 1.165) is 30.9 Å². The summed E-state index contributed by atoms with van der Waals surface area (Å²) in [5.41, 5.74) is 5.72. The highest BCUT2D eigenvalue weighted by molar-refractivity contribution is 4.94. The van der Waals surface area contributed by atoms with Gasteiger partial charge in [-0.1, -0.05) is 13.8 Å². The summed E-state index contributed by atoms with van der Waals surface area (Å²) in [4.78, 5) is 4.52. The third-order valence-corrected chi connectivity index (χ3v) is 2.31. The van der Waals surface area contributed by atoms with E-state index in [-0.39, 0.29) is 6.04 Å². The topological polar surface area (TPSA) is 56.7 Å². The lowest BCUT2D eigenvalue weighted by Gasteiger charge is -2.02. The lowest BCUT2D eigenvalue weighted by Crippen LogP contribution is -2.16. The second-order valence-corrected chi connectivity index (χ2v) is 4.68. The molecule has 1 heterocycles. The van der Waals surface area contributed by atoms with Gasteiger partial charge in [-0.15, -0.1) is 0 Å². The molecule has 1 unspecified atom stereocenters. The van der Waals surface area contributed by atoms with Gasteiger partial charge in [-0.3, -0.25) is 4.68 Å². The zero-order valence-corrected chi connectivity index (χ0v) is 10.2. The van der Waals surface area contributed by atoms with Crippen LogP contribution in [0.1, 0.15) is 38.8 Å². The number of hydrogen-bond acceptors (Lipinski definition) is 3. The summed E-state index contributed by atoms with van der Waals surface area (Å²) in [6.45, 7) is 6.38. The molecule has 1 aromatic heterocycles. The van der Waals surface area contributed by atoms with Gasteiger partial charge in [-0.25, -0.2) is 4.98 Å². The maximum atomic E-state index is 5.72. The molecule has 0 fully saturated rings. The maximum Gasteiger partial charge on any atom is 0.151 e. The Balaban J connectivity index is 2.60. The van der Waals surface area contributed by atoms with Crippen LogP contribution in [0, 0.1) is 5.92 Å². The second-order valence-electron chi connectivity index (χ2n) is 4.68. The summed E-state index contributed by atoms with van der Waals surface area (Å²) in [6, 6.07) is 0.232. The fraction of sp³-hybridized carbons (Fsp3) is 0.818. The van der Waals surface area contributed by atoms with Gasteiger partial charge in [0.15, 0.2) is 5.82 Å². The average molecular weight is 210 g/mol. The summed E-state index contributed by atoms with van der Waals surface area (Å²) in [6.07, 6.45) is 2.83. The number of aromatic nitrogens is 3. The Labute approximate surface area is 91.9 Å². The van der Waals surface area contributed by atoms with Crippen molar-refractivity contribution in [1.82, 2.24) is 14.8 Å². The van der Waals surface area contributed by atoms with Gasteiger partial charge in [-0.05, 0) is 19.3 Å². The van der Waals surface area contributed by atoms with Gasteiger partial charge < -0.3 is 5.73 Å². The van der Waals surface area contributed by atoms with Crippen LogP contribution in [0.25, 0.3) is 0 Å². The van der Waals surface area contributed by atoms with E-state index in [1.807, 2.05) is 18.7 Å². The van der Waals surface area contributed by atoms with E-state index in [9.17, 15) is 0 Å². The first-order valence-electron chi connectivity index (χ1n) is 5.63. The van der Waals surface area contributed by atoms with Crippen molar-refractivity contribution < 1.29 is 0 Å². The molecule has 1 atom stereocenters. The standard InChI is InChI=1S/C11H22N4/c1-8(2)7-10-13-11(15(4)14-10)6-5-9(3)12/h8-9H,5-7,12H2,1-4H3. The summed E-state index contributed by atoms with van der Waals surface area (Å²) < 4.78 is 1.88. The second kappa shape index (κ2) is 5.26. The lowest BCUT2D eigenvalue weighted by molar-refractivity contribution is 0.605. The fourth-order valence-corrected chi connectivity index (χ4v) is 1.50. The predicted molar refractivity (Wildman–Crippen MR) is 61.5 cm³/mol. The molecule has 0 saturated carbocycles. The molecule has 0 amide bonds. The molecule has 1 aromatic rings. The third kappa shape index (κ3) is 4.00. The summed E-state index contributed by atoms with van der Waals surface area (Å²) >= 11 is 0. The normalized spacial score (nSPS) is 13.5. The van der Waals surface area contributed by atoms with Gasteiger partial charge in [0.2, 0.25) is 0 Å². The Morgan fingerprint density at radius 2 is 2.00 bits per heavy atom. The van der Waals surface area contributed by atoms with Crippen LogP contribution in [0.4, 0.5) is 0 Å². The van der Waals surface area contributed by atoms with Gasteiger partial charge in [0.1, 0.15) is 5.82 Å². The minimum absolute atomic E-state index is 0.232. The first kappa shape index (κ1) is 12.2. The summed E-state index contributed by atoms with van der Waals surface area (Å²) in [5, 5.41) is 4.39. The predicted octanol–water partition coefficient (Wildman–Crippen LogP) is 1.29. The van der Waals surface area contributed by atoms with Crippen molar-refractivity contribution in [3.63, 3.8) is 0 Å². The first-order chi connectivity index (χ1) is 6.99. The quantitative estimate of drug-likeness (QED) is 0.796. The average Bonchev–Trinajstić information content (AvgIpc) is 2.41. The first-order valence-corrected chi connectivity index (χ1v) is 5.63. The number of nitrogens with zero attached hydrogens (tertiary/aromatic N) is 3. The Hall–Kier alpha value is -0.900. The van der Waals surface area contributed by atoms with Crippen molar-refractivity contribution in [2.45, 2.75) is 46.1 Å². The molecule has 0 saturated heterocycles. The largest absolute Gasteiger partial charge is 0.328 e. The Morgan fingerprint density at radius 1 is 1.33 bits per heavy atom. The molecule has 2 N–H and O–H groups in total. The summed E-state index contributed by atoms with van der Waals surface area (Å²) in [5.74, 6) is 2.60. The maximum absolute atomic E-state index is 5.72. The summed E-state index contributed by atoms with van der Waals surface area (Å²) in [7, 11) is 1.95. The molecule has 0 radical (unpaired) electrons. The molecular formula is C11H22N4. The molecule has 4 nitrogen and oxygen atoms in total. The van der Waals surface area contributed by atoms with E-state index in [0.29, 0.717) is 5.92 Å². The zero-order chi connectivity index (χ0) is 11.4. The Kier molecular flexibility index (Phi) is 4.27. The van der Waals surface area contributed by atoms with Crippen molar-refractivity contribution in [2.75, 3.05) is 0 Å². The smallest absolute Gasteiger partial charge is 0.151 e. The monoisotopic (exact) mass is 210 g/mol. The Morgan fingerprint density at radius 3 is 2.53 bits per heavy atom. The van der Waals surface area contributed by atoms with Gasteiger partial charge in [0, 0.05) is 25.9 Å².